The average Bonchev–Trinajstić information content (AvgIpc) is 2.89. The quantitative estimate of drug-likeness (QED) is 0.836. The molecule has 2 fully saturated rings. The van der Waals surface area contributed by atoms with E-state index in [0.717, 1.165) is 25.4 Å². The van der Waals surface area contributed by atoms with Gasteiger partial charge in [0.25, 0.3) is 0 Å². The van der Waals surface area contributed by atoms with Gasteiger partial charge in [0.05, 0.1) is 5.52 Å². The van der Waals surface area contributed by atoms with Gasteiger partial charge in [-0.2, -0.15) is 0 Å². The Bertz CT molecular complexity index is 825. The fourth-order valence-electron chi connectivity index (χ4n) is 4.25. The summed E-state index contributed by atoms with van der Waals surface area (Å²) in [5.74, 6) is 0.905. The zero-order chi connectivity index (χ0) is 16.7. The number of rotatable bonds is 2. The molecule has 1 saturated carbocycles. The molecule has 5 nitrogen and oxygen atoms in total. The van der Waals surface area contributed by atoms with Crippen LogP contribution in [0.1, 0.15) is 32.1 Å². The van der Waals surface area contributed by atoms with Crippen molar-refractivity contribution in [1.29, 1.82) is 0 Å². The van der Waals surface area contributed by atoms with Crippen LogP contribution in [0.2, 0.25) is 5.02 Å². The van der Waals surface area contributed by atoms with Crippen LogP contribution in [0.15, 0.2) is 27.4 Å². The van der Waals surface area contributed by atoms with Gasteiger partial charge in [0.15, 0.2) is 5.58 Å². The number of amides is 1. The Morgan fingerprint density at radius 3 is 2.83 bits per heavy atom. The lowest BCUT2D eigenvalue weighted by atomic mass is 9.75. The number of carbonyl (C=O) groups is 1. The van der Waals surface area contributed by atoms with Crippen molar-refractivity contribution < 1.29 is 9.21 Å². The molecule has 2 aromatic rings. The standard InChI is InChI=1S/C18H21ClN2O3/c19-14-5-6-15-16(9-14)24-18(23)21(15)11-17(22)20-8-7-12-3-1-2-4-13(12)10-20/h5-6,9,12-13H,1-4,7-8,10-11H2/t12-,13-/m1/s1. The Balaban J connectivity index is 1.52. The van der Waals surface area contributed by atoms with Gasteiger partial charge in [0.1, 0.15) is 6.54 Å². The number of fused-ring (bicyclic) bond motifs is 2. The lowest BCUT2D eigenvalue weighted by molar-refractivity contribution is -0.135. The maximum Gasteiger partial charge on any atom is 0.420 e. The van der Waals surface area contributed by atoms with E-state index in [2.05, 4.69) is 0 Å². The van der Waals surface area contributed by atoms with Crippen LogP contribution in [0.25, 0.3) is 11.1 Å². The monoisotopic (exact) mass is 348 g/mol. The molecule has 1 aliphatic carbocycles. The SMILES string of the molecule is O=C(Cn1c(=O)oc2cc(Cl)ccc21)N1CC[C@H]2CCCC[C@@H]2C1. The van der Waals surface area contributed by atoms with Gasteiger partial charge in [0, 0.05) is 24.2 Å². The van der Waals surface area contributed by atoms with Crippen LogP contribution in [0, 0.1) is 11.8 Å². The fraction of sp³-hybridized carbons (Fsp3) is 0.556. The number of piperidine rings is 1. The molecule has 0 bridgehead atoms. The number of likely N-dealkylation sites (tertiary alicyclic amines) is 1. The molecule has 1 aromatic carbocycles. The minimum atomic E-state index is -0.506. The highest BCUT2D eigenvalue weighted by molar-refractivity contribution is 6.31. The Morgan fingerprint density at radius 2 is 2.00 bits per heavy atom. The van der Waals surface area contributed by atoms with Gasteiger partial charge in [-0.1, -0.05) is 30.9 Å². The molecule has 1 aliphatic heterocycles. The van der Waals surface area contributed by atoms with E-state index in [1.807, 2.05) is 4.90 Å². The topological polar surface area (TPSA) is 55.5 Å². The Morgan fingerprint density at radius 1 is 1.21 bits per heavy atom. The fourth-order valence-corrected chi connectivity index (χ4v) is 4.41. The predicted molar refractivity (Wildman–Crippen MR) is 92.1 cm³/mol. The summed E-state index contributed by atoms with van der Waals surface area (Å²) >= 11 is 5.93. The summed E-state index contributed by atoms with van der Waals surface area (Å²) in [6, 6.07) is 5.03. The summed E-state index contributed by atoms with van der Waals surface area (Å²) in [6.45, 7) is 1.67. The molecular weight excluding hydrogens is 328 g/mol. The lowest BCUT2D eigenvalue weighted by Crippen LogP contribution is -2.46. The molecule has 0 N–H and O–H groups in total. The Hall–Kier alpha value is -1.75. The first-order valence-electron chi connectivity index (χ1n) is 8.68. The second kappa shape index (κ2) is 6.28. The Kier molecular flexibility index (Phi) is 4.12. The summed E-state index contributed by atoms with van der Waals surface area (Å²) in [6.07, 6.45) is 6.22. The van der Waals surface area contributed by atoms with Crippen LogP contribution in [0.5, 0.6) is 0 Å². The number of carbonyl (C=O) groups excluding carboxylic acids is 1. The predicted octanol–water partition coefficient (Wildman–Crippen LogP) is 3.29. The van der Waals surface area contributed by atoms with E-state index in [0.29, 0.717) is 22.0 Å². The van der Waals surface area contributed by atoms with Gasteiger partial charge in [0.2, 0.25) is 5.91 Å². The molecule has 2 heterocycles. The van der Waals surface area contributed by atoms with Crippen molar-refractivity contribution in [2.75, 3.05) is 13.1 Å². The van der Waals surface area contributed by atoms with Crippen LogP contribution in [-0.4, -0.2) is 28.5 Å². The maximum absolute atomic E-state index is 12.7. The van der Waals surface area contributed by atoms with Gasteiger partial charge in [-0.25, -0.2) is 4.79 Å². The van der Waals surface area contributed by atoms with Crippen molar-refractivity contribution in [1.82, 2.24) is 9.47 Å². The summed E-state index contributed by atoms with van der Waals surface area (Å²) in [5, 5.41) is 0.508. The minimum absolute atomic E-state index is 0.00114. The molecule has 1 aromatic heterocycles. The van der Waals surface area contributed by atoms with E-state index in [1.165, 1.54) is 30.3 Å². The lowest BCUT2D eigenvalue weighted by Gasteiger charge is -2.41. The minimum Gasteiger partial charge on any atom is -0.408 e. The Labute approximate surface area is 145 Å². The van der Waals surface area contributed by atoms with Crippen molar-refractivity contribution in [3.63, 3.8) is 0 Å². The number of oxazole rings is 1. The van der Waals surface area contributed by atoms with E-state index in [-0.39, 0.29) is 12.5 Å². The van der Waals surface area contributed by atoms with Crippen LogP contribution in [0.3, 0.4) is 0 Å². The molecule has 4 rings (SSSR count). The van der Waals surface area contributed by atoms with Gasteiger partial charge < -0.3 is 9.32 Å². The molecule has 6 heteroatoms. The van der Waals surface area contributed by atoms with Gasteiger partial charge >= 0.3 is 5.76 Å². The van der Waals surface area contributed by atoms with Crippen LogP contribution < -0.4 is 5.76 Å². The third-order valence-corrected chi connectivity index (χ3v) is 5.80. The zero-order valence-corrected chi connectivity index (χ0v) is 14.3. The molecule has 0 spiro atoms. The summed E-state index contributed by atoms with van der Waals surface area (Å²) in [5.41, 5.74) is 1.04. The first-order valence-corrected chi connectivity index (χ1v) is 9.06. The number of halogens is 1. The molecule has 2 atom stereocenters. The molecule has 1 saturated heterocycles. The highest BCUT2D eigenvalue weighted by Crippen LogP contribution is 2.36. The maximum atomic E-state index is 12.7. The van der Waals surface area contributed by atoms with E-state index in [4.69, 9.17) is 16.0 Å². The number of nitrogens with zero attached hydrogens (tertiary/aromatic N) is 2. The second-order valence-corrected chi connectivity index (χ2v) is 7.44. The van der Waals surface area contributed by atoms with Crippen molar-refractivity contribution in [2.45, 2.75) is 38.6 Å². The molecule has 0 radical (unpaired) electrons. The van der Waals surface area contributed by atoms with E-state index in [9.17, 15) is 9.59 Å². The third kappa shape index (κ3) is 2.86. The molecule has 24 heavy (non-hydrogen) atoms. The van der Waals surface area contributed by atoms with Crippen molar-refractivity contribution in [2.24, 2.45) is 11.8 Å². The molecule has 0 unspecified atom stereocenters. The number of hydrogen-bond acceptors (Lipinski definition) is 3. The normalized spacial score (nSPS) is 24.1. The van der Waals surface area contributed by atoms with Crippen LogP contribution in [-0.2, 0) is 11.3 Å². The van der Waals surface area contributed by atoms with Crippen LogP contribution >= 0.6 is 11.6 Å². The molecule has 128 valence electrons. The van der Waals surface area contributed by atoms with Crippen molar-refractivity contribution in [3.05, 3.63) is 33.8 Å². The van der Waals surface area contributed by atoms with Gasteiger partial charge in [-0.15, -0.1) is 0 Å². The number of hydrogen-bond donors (Lipinski definition) is 0. The number of aromatic nitrogens is 1. The van der Waals surface area contributed by atoms with E-state index in [1.54, 1.807) is 18.2 Å². The molecule has 2 aliphatic rings. The van der Waals surface area contributed by atoms with E-state index < -0.39 is 5.76 Å². The third-order valence-electron chi connectivity index (χ3n) is 5.57. The van der Waals surface area contributed by atoms with Crippen LogP contribution in [0.4, 0.5) is 0 Å². The summed E-state index contributed by atoms with van der Waals surface area (Å²) < 4.78 is 6.61. The van der Waals surface area contributed by atoms with Crippen molar-refractivity contribution in [3.8, 4) is 0 Å². The highest BCUT2D eigenvalue weighted by Gasteiger charge is 2.33. The number of benzene rings is 1. The van der Waals surface area contributed by atoms with Gasteiger partial charge in [-0.3, -0.25) is 9.36 Å². The second-order valence-electron chi connectivity index (χ2n) is 7.00. The zero-order valence-electron chi connectivity index (χ0n) is 13.5. The largest absolute Gasteiger partial charge is 0.420 e. The summed E-state index contributed by atoms with van der Waals surface area (Å²) in [4.78, 5) is 26.7. The van der Waals surface area contributed by atoms with Gasteiger partial charge in [-0.05, 0) is 36.8 Å². The summed E-state index contributed by atoms with van der Waals surface area (Å²) in [7, 11) is 0. The van der Waals surface area contributed by atoms with Crippen molar-refractivity contribution >= 4 is 28.6 Å². The van der Waals surface area contributed by atoms with E-state index >= 15 is 0 Å². The molecule has 1 amide bonds. The highest BCUT2D eigenvalue weighted by atomic mass is 35.5. The first-order chi connectivity index (χ1) is 11.6. The average molecular weight is 349 g/mol. The first kappa shape index (κ1) is 15.8. The smallest absolute Gasteiger partial charge is 0.408 e. The molecular formula is C18H21ClN2O3.